The fraction of sp³-hybridized carbons (Fsp3) is 0.333. The lowest BCUT2D eigenvalue weighted by molar-refractivity contribution is -0.118. The number of benzene rings is 3. The van der Waals surface area contributed by atoms with E-state index >= 15 is 0 Å². The molecule has 2 heterocycles. The van der Waals surface area contributed by atoms with Crippen molar-refractivity contribution in [2.45, 2.75) is 44.1 Å². The van der Waals surface area contributed by atoms with Gasteiger partial charge in [-0.25, -0.2) is 4.79 Å². The Bertz CT molecular complexity index is 1480. The molecule has 214 valence electrons. The van der Waals surface area contributed by atoms with Gasteiger partial charge in [0.2, 0.25) is 5.91 Å². The number of likely N-dealkylation sites (tertiary alicyclic amines) is 1. The zero-order valence-corrected chi connectivity index (χ0v) is 23.7. The van der Waals surface area contributed by atoms with Crippen LogP contribution in [0.3, 0.4) is 0 Å². The highest BCUT2D eigenvalue weighted by molar-refractivity contribution is 5.99. The van der Waals surface area contributed by atoms with Gasteiger partial charge in [0.25, 0.3) is 0 Å². The number of amides is 3. The zero-order valence-electron chi connectivity index (χ0n) is 23.7. The number of anilines is 1. The van der Waals surface area contributed by atoms with Crippen molar-refractivity contribution in [3.05, 3.63) is 95.7 Å². The summed E-state index contributed by atoms with van der Waals surface area (Å²) < 4.78 is 5.53. The van der Waals surface area contributed by atoms with E-state index in [1.807, 2.05) is 66.6 Å². The summed E-state index contributed by atoms with van der Waals surface area (Å²) in [6.45, 7) is 3.74. The first-order chi connectivity index (χ1) is 20.0. The number of aromatic amines is 1. The van der Waals surface area contributed by atoms with E-state index in [9.17, 15) is 9.59 Å². The minimum absolute atomic E-state index is 0.229. The number of carbonyl (C=O) groups is 2. The first-order valence-electron chi connectivity index (χ1n) is 14.3. The normalized spacial score (nSPS) is 15.3. The van der Waals surface area contributed by atoms with Crippen LogP contribution in [0.25, 0.3) is 10.9 Å². The second-order valence-electron chi connectivity index (χ2n) is 10.7. The third-order valence-corrected chi connectivity index (χ3v) is 8.18. The van der Waals surface area contributed by atoms with Gasteiger partial charge in [-0.2, -0.15) is 0 Å². The van der Waals surface area contributed by atoms with Crippen LogP contribution < -0.4 is 21.1 Å². The molecule has 0 saturated carbocycles. The molecule has 1 aliphatic rings. The van der Waals surface area contributed by atoms with E-state index in [1.165, 1.54) is 5.56 Å². The molecule has 1 fully saturated rings. The molecular formula is C33H39N5O3. The second kappa shape index (κ2) is 12.9. The van der Waals surface area contributed by atoms with Crippen LogP contribution in [-0.4, -0.2) is 54.6 Å². The van der Waals surface area contributed by atoms with Crippen LogP contribution in [0.1, 0.15) is 48.3 Å². The molecule has 41 heavy (non-hydrogen) atoms. The van der Waals surface area contributed by atoms with Gasteiger partial charge in [0.15, 0.2) is 0 Å². The van der Waals surface area contributed by atoms with E-state index in [-0.39, 0.29) is 17.9 Å². The predicted molar refractivity (Wildman–Crippen MR) is 163 cm³/mol. The maximum Gasteiger partial charge on any atom is 0.318 e. The number of rotatable bonds is 9. The number of para-hydroxylation sites is 1. The van der Waals surface area contributed by atoms with Crippen LogP contribution in [0.2, 0.25) is 0 Å². The molecule has 5 rings (SSSR count). The highest BCUT2D eigenvalue weighted by Gasteiger charge is 2.33. The van der Waals surface area contributed by atoms with E-state index in [1.54, 1.807) is 7.11 Å². The zero-order chi connectivity index (χ0) is 28.8. The number of nitrogens with zero attached hydrogens (tertiary/aromatic N) is 1. The van der Waals surface area contributed by atoms with Crippen molar-refractivity contribution in [2.24, 2.45) is 5.73 Å². The molecule has 3 aromatic carbocycles. The van der Waals surface area contributed by atoms with Crippen LogP contribution in [0.5, 0.6) is 5.75 Å². The van der Waals surface area contributed by atoms with Crippen LogP contribution >= 0.6 is 0 Å². The molecule has 1 saturated heterocycles. The van der Waals surface area contributed by atoms with E-state index in [0.717, 1.165) is 34.9 Å². The van der Waals surface area contributed by atoms with Crippen molar-refractivity contribution in [3.8, 4) is 5.75 Å². The smallest absolute Gasteiger partial charge is 0.318 e. The van der Waals surface area contributed by atoms with E-state index in [4.69, 9.17) is 10.5 Å². The number of piperidine rings is 1. The van der Waals surface area contributed by atoms with Crippen LogP contribution in [0, 0.1) is 0 Å². The first kappa shape index (κ1) is 28.2. The fourth-order valence-corrected chi connectivity index (χ4v) is 5.82. The van der Waals surface area contributed by atoms with Crippen LogP contribution in [0.4, 0.5) is 10.5 Å². The number of hydrogen-bond donors (Lipinski definition) is 4. The maximum atomic E-state index is 13.9. The molecule has 2 atom stereocenters. The van der Waals surface area contributed by atoms with E-state index in [0.29, 0.717) is 43.4 Å². The number of carbonyl (C=O) groups excluding carboxylic acids is 2. The fourth-order valence-electron chi connectivity index (χ4n) is 5.82. The van der Waals surface area contributed by atoms with Crippen molar-refractivity contribution in [2.75, 3.05) is 32.1 Å². The molecule has 0 radical (unpaired) electrons. The van der Waals surface area contributed by atoms with Crippen molar-refractivity contribution >= 4 is 28.5 Å². The molecule has 0 spiro atoms. The second-order valence-corrected chi connectivity index (χ2v) is 10.7. The number of H-pyrrole nitrogens is 1. The number of methoxy groups -OCH3 is 1. The van der Waals surface area contributed by atoms with Gasteiger partial charge in [0, 0.05) is 36.1 Å². The number of aromatic nitrogens is 1. The molecule has 3 amide bonds. The quantitative estimate of drug-likeness (QED) is 0.223. The number of urea groups is 1. The van der Waals surface area contributed by atoms with Crippen LogP contribution in [-0.2, 0) is 11.2 Å². The number of nitrogens with one attached hydrogen (secondary N) is 3. The number of nitrogens with two attached hydrogens (primary N) is 1. The third kappa shape index (κ3) is 6.38. The predicted octanol–water partition coefficient (Wildman–Crippen LogP) is 5.38. The number of ether oxygens (including phenoxy) is 1. The number of hydrogen-bond acceptors (Lipinski definition) is 4. The third-order valence-electron chi connectivity index (χ3n) is 8.18. The molecule has 0 bridgehead atoms. The van der Waals surface area contributed by atoms with E-state index < -0.39 is 6.04 Å². The van der Waals surface area contributed by atoms with Gasteiger partial charge in [0.05, 0.1) is 12.8 Å². The monoisotopic (exact) mass is 553 g/mol. The average Bonchev–Trinajstić information content (AvgIpc) is 3.44. The Kier molecular flexibility index (Phi) is 8.89. The molecule has 5 N–H and O–H groups in total. The summed E-state index contributed by atoms with van der Waals surface area (Å²) in [5, 5.41) is 7.16. The van der Waals surface area contributed by atoms with Gasteiger partial charge in [0.1, 0.15) is 11.8 Å². The largest absolute Gasteiger partial charge is 0.495 e. The Morgan fingerprint density at radius 2 is 1.78 bits per heavy atom. The summed E-state index contributed by atoms with van der Waals surface area (Å²) in [4.78, 5) is 32.7. The highest BCUT2D eigenvalue weighted by atomic mass is 16.5. The Labute approximate surface area is 241 Å². The highest BCUT2D eigenvalue weighted by Crippen LogP contribution is 2.31. The van der Waals surface area contributed by atoms with Gasteiger partial charge in [-0.1, -0.05) is 61.5 Å². The molecule has 1 aliphatic heterocycles. The van der Waals surface area contributed by atoms with E-state index in [2.05, 4.69) is 39.9 Å². The van der Waals surface area contributed by atoms with Crippen LogP contribution in [0.15, 0.2) is 79.0 Å². The lowest BCUT2D eigenvalue weighted by Gasteiger charge is -2.34. The summed E-state index contributed by atoms with van der Waals surface area (Å²) in [5.74, 6) is 0.360. The molecule has 0 unspecified atom stereocenters. The van der Waals surface area contributed by atoms with Gasteiger partial charge in [-0.3, -0.25) is 4.79 Å². The lowest BCUT2D eigenvalue weighted by atomic mass is 9.89. The summed E-state index contributed by atoms with van der Waals surface area (Å²) in [6.07, 6.45) is 4.38. The Morgan fingerprint density at radius 3 is 2.51 bits per heavy atom. The van der Waals surface area contributed by atoms with Gasteiger partial charge in [-0.15, -0.1) is 0 Å². The molecular weight excluding hydrogens is 514 g/mol. The van der Waals surface area contributed by atoms with Crippen molar-refractivity contribution < 1.29 is 14.3 Å². The van der Waals surface area contributed by atoms with Crippen molar-refractivity contribution in [1.82, 2.24) is 15.2 Å². The van der Waals surface area contributed by atoms with Gasteiger partial charge < -0.3 is 31.0 Å². The summed E-state index contributed by atoms with van der Waals surface area (Å²) >= 11 is 0. The molecule has 8 nitrogen and oxygen atoms in total. The Balaban J connectivity index is 1.37. The molecule has 4 aromatic rings. The maximum absolute atomic E-state index is 13.9. The topological polar surface area (TPSA) is 112 Å². The summed E-state index contributed by atoms with van der Waals surface area (Å²) in [5.41, 5.74) is 10.6. The molecule has 0 aliphatic carbocycles. The minimum atomic E-state index is -0.823. The Hall–Kier alpha value is -4.30. The summed E-state index contributed by atoms with van der Waals surface area (Å²) in [7, 11) is 1.57. The number of fused-ring (bicyclic) bond motifs is 1. The van der Waals surface area contributed by atoms with Crippen molar-refractivity contribution in [3.63, 3.8) is 0 Å². The molecule has 1 aromatic heterocycles. The SMILES string of the molecule is COc1ccc(CCN)cc1NC(=O)[C@H](NC(=O)N1CCC(c2ccccc2)CC1)[C@H](C)c1c[nH]c2ccccc12. The average molecular weight is 554 g/mol. The minimum Gasteiger partial charge on any atom is -0.495 e. The van der Waals surface area contributed by atoms with Gasteiger partial charge in [-0.05, 0) is 66.6 Å². The Morgan fingerprint density at radius 1 is 1.05 bits per heavy atom. The van der Waals surface area contributed by atoms with Gasteiger partial charge >= 0.3 is 6.03 Å². The molecule has 8 heteroatoms. The lowest BCUT2D eigenvalue weighted by Crippen LogP contribution is -2.53. The van der Waals surface area contributed by atoms with Crippen molar-refractivity contribution in [1.29, 1.82) is 0 Å². The standard InChI is InChI=1S/C33H39N5O3/c1-22(27-21-35-28-11-7-6-10-26(27)28)31(32(39)36-29-20-23(14-17-34)12-13-30(29)41-2)37-33(40)38-18-15-25(16-19-38)24-8-4-3-5-9-24/h3-13,20-22,25,31,35H,14-19,34H2,1-2H3,(H,36,39)(H,37,40)/t22-,31-/m1/s1. The summed E-state index contributed by atoms with van der Waals surface area (Å²) in [6, 6.07) is 23.0. The first-order valence-corrected chi connectivity index (χ1v) is 14.3.